The van der Waals surface area contributed by atoms with Gasteiger partial charge >= 0.3 is 12.1 Å². The van der Waals surface area contributed by atoms with E-state index in [0.29, 0.717) is 11.3 Å². The van der Waals surface area contributed by atoms with Gasteiger partial charge in [-0.25, -0.2) is 4.79 Å². The van der Waals surface area contributed by atoms with Crippen LogP contribution < -0.4 is 10.6 Å². The van der Waals surface area contributed by atoms with Crippen molar-refractivity contribution in [3.05, 3.63) is 89.5 Å². The smallest absolute Gasteiger partial charge is 0.407 e. The predicted molar refractivity (Wildman–Crippen MR) is 129 cm³/mol. The molecule has 7 heteroatoms. The lowest BCUT2D eigenvalue weighted by Crippen LogP contribution is -2.42. The van der Waals surface area contributed by atoms with Crippen molar-refractivity contribution in [1.82, 2.24) is 5.32 Å². The Labute approximate surface area is 197 Å². The Hall–Kier alpha value is -4.13. The van der Waals surface area contributed by atoms with Crippen molar-refractivity contribution in [3.63, 3.8) is 0 Å². The first-order valence-electron chi connectivity index (χ1n) is 11.1. The molecule has 3 N–H and O–H groups in total. The molecule has 0 fully saturated rings. The molecule has 0 heterocycles. The van der Waals surface area contributed by atoms with Gasteiger partial charge in [0.25, 0.3) is 0 Å². The summed E-state index contributed by atoms with van der Waals surface area (Å²) in [5.74, 6) is -2.03. The largest absolute Gasteiger partial charge is 0.481 e. The standard InChI is InChI=1S/C27H26N2O5/c1-16(26(31)32)18-11-13-19(14-12-18)29-25(30)17(2)28-27(33)34-15-24-22-9-5-3-7-20(22)21-8-4-6-10-23(21)24/h3-14,16-17,24H,15H2,1-2H3,(H,28,33)(H,29,30)(H,31,32)/t16?,17-/m0/s1. The molecule has 1 unspecified atom stereocenters. The maximum Gasteiger partial charge on any atom is 0.407 e. The first-order chi connectivity index (χ1) is 16.3. The molecular weight excluding hydrogens is 432 g/mol. The quantitative estimate of drug-likeness (QED) is 0.474. The Morgan fingerprint density at radius 1 is 0.882 bits per heavy atom. The molecule has 34 heavy (non-hydrogen) atoms. The number of aliphatic carboxylic acids is 1. The molecule has 7 nitrogen and oxygen atoms in total. The van der Waals surface area contributed by atoms with Gasteiger partial charge in [-0.05, 0) is 53.8 Å². The molecule has 0 spiro atoms. The van der Waals surface area contributed by atoms with Gasteiger partial charge in [-0.3, -0.25) is 9.59 Å². The van der Waals surface area contributed by atoms with E-state index in [1.54, 1.807) is 38.1 Å². The minimum atomic E-state index is -0.919. The van der Waals surface area contributed by atoms with Gasteiger partial charge in [0.2, 0.25) is 5.91 Å². The second kappa shape index (κ2) is 9.79. The Balaban J connectivity index is 1.32. The fraction of sp³-hybridized carbons (Fsp3) is 0.222. The number of benzene rings is 3. The van der Waals surface area contributed by atoms with Crippen molar-refractivity contribution in [2.75, 3.05) is 11.9 Å². The maximum atomic E-state index is 12.5. The Kier molecular flexibility index (Phi) is 6.63. The van der Waals surface area contributed by atoms with Crippen LogP contribution in [-0.2, 0) is 14.3 Å². The topological polar surface area (TPSA) is 105 Å². The lowest BCUT2D eigenvalue weighted by molar-refractivity contribution is -0.138. The van der Waals surface area contributed by atoms with Crippen LogP contribution in [0.25, 0.3) is 11.1 Å². The lowest BCUT2D eigenvalue weighted by Gasteiger charge is -2.17. The van der Waals surface area contributed by atoms with Crippen molar-refractivity contribution in [1.29, 1.82) is 0 Å². The van der Waals surface area contributed by atoms with Crippen LogP contribution >= 0.6 is 0 Å². The third-order valence-corrected chi connectivity index (χ3v) is 6.12. The van der Waals surface area contributed by atoms with Gasteiger partial charge in [-0.15, -0.1) is 0 Å². The number of hydrogen-bond donors (Lipinski definition) is 3. The van der Waals surface area contributed by atoms with Gasteiger partial charge in [0.1, 0.15) is 12.6 Å². The minimum absolute atomic E-state index is 0.0611. The molecular formula is C27H26N2O5. The number of amides is 2. The number of hydrogen-bond acceptors (Lipinski definition) is 4. The highest BCUT2D eigenvalue weighted by molar-refractivity contribution is 5.96. The second-order valence-corrected chi connectivity index (χ2v) is 8.36. The van der Waals surface area contributed by atoms with E-state index >= 15 is 0 Å². The summed E-state index contributed by atoms with van der Waals surface area (Å²) in [5.41, 5.74) is 5.65. The van der Waals surface area contributed by atoms with Crippen LogP contribution in [0.5, 0.6) is 0 Å². The van der Waals surface area contributed by atoms with Crippen LogP contribution in [0.1, 0.15) is 42.4 Å². The van der Waals surface area contributed by atoms with Crippen LogP contribution in [-0.4, -0.2) is 35.7 Å². The van der Waals surface area contributed by atoms with Gasteiger partial charge in [-0.2, -0.15) is 0 Å². The number of carbonyl (C=O) groups is 3. The summed E-state index contributed by atoms with van der Waals surface area (Å²) in [4.78, 5) is 36.0. The molecule has 0 aromatic heterocycles. The van der Waals surface area contributed by atoms with Crippen molar-refractivity contribution in [2.45, 2.75) is 31.7 Å². The zero-order valence-electron chi connectivity index (χ0n) is 18.9. The zero-order valence-corrected chi connectivity index (χ0v) is 18.9. The summed E-state index contributed by atoms with van der Waals surface area (Å²) >= 11 is 0. The molecule has 174 valence electrons. The lowest BCUT2D eigenvalue weighted by atomic mass is 9.98. The summed E-state index contributed by atoms with van der Waals surface area (Å²) in [6.07, 6.45) is -0.671. The molecule has 2 amide bonds. The average molecular weight is 459 g/mol. The first kappa shape index (κ1) is 23.0. The molecule has 0 saturated heterocycles. The molecule has 1 aliphatic rings. The third kappa shape index (κ3) is 4.78. The second-order valence-electron chi connectivity index (χ2n) is 8.36. The average Bonchev–Trinajstić information content (AvgIpc) is 3.16. The minimum Gasteiger partial charge on any atom is -0.481 e. The molecule has 3 aromatic rings. The number of nitrogens with one attached hydrogen (secondary N) is 2. The molecule has 0 radical (unpaired) electrons. The number of ether oxygens (including phenoxy) is 1. The zero-order chi connectivity index (χ0) is 24.2. The third-order valence-electron chi connectivity index (χ3n) is 6.12. The number of alkyl carbamates (subject to hydrolysis) is 1. The molecule has 2 atom stereocenters. The van der Waals surface area contributed by atoms with E-state index in [2.05, 4.69) is 22.8 Å². The molecule has 1 aliphatic carbocycles. The highest BCUT2D eigenvalue weighted by Gasteiger charge is 2.29. The van der Waals surface area contributed by atoms with Crippen molar-refractivity contribution in [3.8, 4) is 11.1 Å². The molecule has 4 rings (SSSR count). The Bertz CT molecular complexity index is 1180. The molecule has 3 aromatic carbocycles. The number of carbonyl (C=O) groups excluding carboxylic acids is 2. The fourth-order valence-electron chi connectivity index (χ4n) is 4.13. The van der Waals surface area contributed by atoms with Crippen LogP contribution in [0.15, 0.2) is 72.8 Å². The van der Waals surface area contributed by atoms with E-state index in [1.807, 2.05) is 36.4 Å². The van der Waals surface area contributed by atoms with E-state index in [9.17, 15) is 14.4 Å². The van der Waals surface area contributed by atoms with Crippen molar-refractivity contribution in [2.24, 2.45) is 0 Å². The number of anilines is 1. The summed E-state index contributed by atoms with van der Waals surface area (Å²) in [6, 6.07) is 21.9. The number of fused-ring (bicyclic) bond motifs is 3. The summed E-state index contributed by atoms with van der Waals surface area (Å²) in [6.45, 7) is 3.32. The van der Waals surface area contributed by atoms with E-state index in [4.69, 9.17) is 9.84 Å². The van der Waals surface area contributed by atoms with Gasteiger partial charge in [0, 0.05) is 11.6 Å². The van der Waals surface area contributed by atoms with Crippen LogP contribution in [0, 0.1) is 0 Å². The van der Waals surface area contributed by atoms with E-state index in [1.165, 1.54) is 0 Å². The van der Waals surface area contributed by atoms with E-state index in [-0.39, 0.29) is 12.5 Å². The Morgan fingerprint density at radius 2 is 1.44 bits per heavy atom. The van der Waals surface area contributed by atoms with Crippen LogP contribution in [0.3, 0.4) is 0 Å². The Morgan fingerprint density at radius 3 is 2.00 bits per heavy atom. The summed E-state index contributed by atoms with van der Waals surface area (Å²) in [5, 5.41) is 14.4. The molecule has 0 bridgehead atoms. The van der Waals surface area contributed by atoms with Gasteiger partial charge in [0.15, 0.2) is 0 Å². The van der Waals surface area contributed by atoms with E-state index in [0.717, 1.165) is 22.3 Å². The van der Waals surface area contributed by atoms with Crippen LogP contribution in [0.2, 0.25) is 0 Å². The maximum absolute atomic E-state index is 12.5. The van der Waals surface area contributed by atoms with E-state index < -0.39 is 29.9 Å². The molecule has 0 aliphatic heterocycles. The highest BCUT2D eigenvalue weighted by atomic mass is 16.5. The van der Waals surface area contributed by atoms with Crippen LogP contribution in [0.4, 0.5) is 10.5 Å². The number of carboxylic acid groups (broad SMARTS) is 1. The van der Waals surface area contributed by atoms with Crippen molar-refractivity contribution < 1.29 is 24.2 Å². The normalized spacial score (nSPS) is 13.8. The number of carboxylic acids is 1. The monoisotopic (exact) mass is 458 g/mol. The predicted octanol–water partition coefficient (Wildman–Crippen LogP) is 4.74. The first-order valence-corrected chi connectivity index (χ1v) is 11.1. The van der Waals surface area contributed by atoms with Gasteiger partial charge < -0.3 is 20.5 Å². The van der Waals surface area contributed by atoms with Gasteiger partial charge in [-0.1, -0.05) is 60.7 Å². The molecule has 0 saturated carbocycles. The van der Waals surface area contributed by atoms with Gasteiger partial charge in [0.05, 0.1) is 5.92 Å². The fourth-order valence-corrected chi connectivity index (χ4v) is 4.13. The summed E-state index contributed by atoms with van der Waals surface area (Å²) in [7, 11) is 0. The highest BCUT2D eigenvalue weighted by Crippen LogP contribution is 2.44. The SMILES string of the molecule is CC(C(=O)O)c1ccc(NC(=O)[C@H](C)NC(=O)OCC2c3ccccc3-c3ccccc32)cc1. The van der Waals surface area contributed by atoms with Crippen molar-refractivity contribution >= 4 is 23.7 Å². The number of rotatable bonds is 7. The summed E-state index contributed by atoms with van der Waals surface area (Å²) < 4.78 is 5.49.